The Morgan fingerprint density at radius 1 is 1.24 bits per heavy atom. The molecular formula is C21H25N3O. The van der Waals surface area contributed by atoms with Crippen LogP contribution < -0.4 is 0 Å². The average molecular weight is 335 g/mol. The Kier molecular flexibility index (Phi) is 3.91. The Bertz CT molecular complexity index is 908. The molecule has 25 heavy (non-hydrogen) atoms. The monoisotopic (exact) mass is 335 g/mol. The van der Waals surface area contributed by atoms with Crippen LogP contribution in [0.3, 0.4) is 0 Å². The summed E-state index contributed by atoms with van der Waals surface area (Å²) in [6.45, 7) is 6.48. The number of rotatable bonds is 3. The molecular weight excluding hydrogens is 310 g/mol. The van der Waals surface area contributed by atoms with Gasteiger partial charge < -0.3 is 14.7 Å². The van der Waals surface area contributed by atoms with E-state index in [-0.39, 0.29) is 0 Å². The largest absolute Gasteiger partial charge is 0.494 e. The Labute approximate surface area is 148 Å². The maximum Gasteiger partial charge on any atom is 0.146 e. The van der Waals surface area contributed by atoms with Crippen LogP contribution in [0.15, 0.2) is 34.7 Å². The first-order valence-corrected chi connectivity index (χ1v) is 9.00. The quantitative estimate of drug-likeness (QED) is 0.834. The highest BCUT2D eigenvalue weighted by Crippen LogP contribution is 2.33. The number of aromatic amines is 2. The van der Waals surface area contributed by atoms with Gasteiger partial charge in [-0.2, -0.15) is 0 Å². The molecule has 0 bridgehead atoms. The van der Waals surface area contributed by atoms with E-state index >= 15 is 0 Å². The molecule has 2 N–H and O–H groups in total. The molecule has 130 valence electrons. The summed E-state index contributed by atoms with van der Waals surface area (Å²) >= 11 is 0. The number of hydrogen-bond acceptors (Lipinski definition) is 2. The van der Waals surface area contributed by atoms with Crippen molar-refractivity contribution in [2.75, 3.05) is 7.11 Å². The molecule has 0 radical (unpaired) electrons. The van der Waals surface area contributed by atoms with Crippen LogP contribution in [0.5, 0.6) is 0 Å². The average Bonchev–Trinajstić information content (AvgIpc) is 3.25. The molecule has 4 rings (SSSR count). The molecule has 0 fully saturated rings. The number of nitrogens with zero attached hydrogens (tertiary/aromatic N) is 1. The van der Waals surface area contributed by atoms with Crippen molar-refractivity contribution in [1.82, 2.24) is 9.97 Å². The van der Waals surface area contributed by atoms with E-state index in [4.69, 9.17) is 9.73 Å². The van der Waals surface area contributed by atoms with Gasteiger partial charge in [-0.25, -0.2) is 4.99 Å². The fourth-order valence-corrected chi connectivity index (χ4v) is 3.89. The highest BCUT2D eigenvalue weighted by molar-refractivity contribution is 6.11. The van der Waals surface area contributed by atoms with Gasteiger partial charge in [-0.05, 0) is 68.4 Å². The van der Waals surface area contributed by atoms with Gasteiger partial charge in [-0.15, -0.1) is 0 Å². The third-order valence-corrected chi connectivity index (χ3v) is 5.26. The van der Waals surface area contributed by atoms with Crippen molar-refractivity contribution in [1.29, 1.82) is 0 Å². The molecule has 1 aliphatic heterocycles. The van der Waals surface area contributed by atoms with E-state index in [1.54, 1.807) is 7.11 Å². The minimum atomic E-state index is 0.626. The van der Waals surface area contributed by atoms with Crippen LogP contribution in [-0.2, 0) is 11.2 Å². The topological polar surface area (TPSA) is 53.2 Å². The molecule has 0 amide bonds. The van der Waals surface area contributed by atoms with Crippen LogP contribution in [0.2, 0.25) is 0 Å². The molecule has 4 nitrogen and oxygen atoms in total. The van der Waals surface area contributed by atoms with Crippen LogP contribution in [0.25, 0.3) is 6.08 Å². The van der Waals surface area contributed by atoms with E-state index < -0.39 is 0 Å². The number of ether oxygens (including phenoxy) is 1. The number of H-pyrrole nitrogens is 2. The standard InChI is InChI=1S/C21H25N3O/c1-12-6-5-7-16-15(12)9-18(23-16)19-11-21(25-4)20(24-19)10-17-13(2)8-14(3)22-17/h8-12,22-23H,5-7H2,1-4H3. The normalized spacial score (nSPS) is 21.3. The number of aliphatic imine (C=N–C) groups is 1. The summed E-state index contributed by atoms with van der Waals surface area (Å²) in [4.78, 5) is 11.8. The zero-order valence-electron chi connectivity index (χ0n) is 15.4. The molecule has 0 spiro atoms. The molecule has 0 aromatic carbocycles. The Morgan fingerprint density at radius 2 is 2.08 bits per heavy atom. The number of allylic oxidation sites excluding steroid dienone is 1. The Hall–Kier alpha value is -2.49. The molecule has 2 aliphatic rings. The lowest BCUT2D eigenvalue weighted by Gasteiger charge is -2.17. The van der Waals surface area contributed by atoms with E-state index in [1.165, 1.54) is 29.7 Å². The van der Waals surface area contributed by atoms with Gasteiger partial charge in [0, 0.05) is 23.2 Å². The lowest BCUT2D eigenvalue weighted by atomic mass is 9.88. The number of fused-ring (bicyclic) bond motifs is 1. The van der Waals surface area contributed by atoms with Gasteiger partial charge >= 0.3 is 0 Å². The van der Waals surface area contributed by atoms with E-state index in [1.807, 2.05) is 6.08 Å². The number of aromatic nitrogens is 2. The molecule has 2 aromatic rings. The lowest BCUT2D eigenvalue weighted by Crippen LogP contribution is -2.04. The van der Waals surface area contributed by atoms with Crippen molar-refractivity contribution in [3.05, 3.63) is 63.6 Å². The first-order chi connectivity index (χ1) is 12.0. The lowest BCUT2D eigenvalue weighted by molar-refractivity contribution is 0.303. The smallest absolute Gasteiger partial charge is 0.146 e. The molecule has 4 heteroatoms. The Morgan fingerprint density at radius 3 is 2.76 bits per heavy atom. The first-order valence-electron chi connectivity index (χ1n) is 9.00. The van der Waals surface area contributed by atoms with Crippen LogP contribution in [0.1, 0.15) is 59.6 Å². The second-order valence-corrected chi connectivity index (χ2v) is 7.20. The van der Waals surface area contributed by atoms with Crippen molar-refractivity contribution >= 4 is 11.8 Å². The number of nitrogens with one attached hydrogen (secondary N) is 2. The summed E-state index contributed by atoms with van der Waals surface area (Å²) in [5.41, 5.74) is 9.18. The van der Waals surface area contributed by atoms with Crippen molar-refractivity contribution < 1.29 is 4.74 Å². The predicted molar refractivity (Wildman–Crippen MR) is 102 cm³/mol. The van der Waals surface area contributed by atoms with Crippen LogP contribution in [0.4, 0.5) is 0 Å². The third-order valence-electron chi connectivity index (χ3n) is 5.26. The van der Waals surface area contributed by atoms with E-state index in [0.717, 1.165) is 40.7 Å². The highest BCUT2D eigenvalue weighted by atomic mass is 16.5. The van der Waals surface area contributed by atoms with Gasteiger partial charge in [-0.1, -0.05) is 6.92 Å². The molecule has 0 saturated heterocycles. The highest BCUT2D eigenvalue weighted by Gasteiger charge is 2.23. The fourth-order valence-electron chi connectivity index (χ4n) is 3.89. The van der Waals surface area contributed by atoms with Crippen molar-refractivity contribution in [3.63, 3.8) is 0 Å². The van der Waals surface area contributed by atoms with Gasteiger partial charge in [0.25, 0.3) is 0 Å². The summed E-state index contributed by atoms with van der Waals surface area (Å²) in [6.07, 6.45) is 7.76. The van der Waals surface area contributed by atoms with E-state index in [2.05, 4.69) is 48.9 Å². The van der Waals surface area contributed by atoms with Crippen molar-refractivity contribution in [2.24, 2.45) is 4.99 Å². The summed E-state index contributed by atoms with van der Waals surface area (Å²) in [5.74, 6) is 1.43. The fraction of sp³-hybridized carbons (Fsp3) is 0.381. The molecule has 1 aliphatic carbocycles. The number of hydrogen-bond donors (Lipinski definition) is 2. The van der Waals surface area contributed by atoms with Gasteiger partial charge in [0.1, 0.15) is 11.5 Å². The number of methoxy groups -OCH3 is 1. The van der Waals surface area contributed by atoms with E-state index in [0.29, 0.717) is 5.92 Å². The summed E-state index contributed by atoms with van der Waals surface area (Å²) in [6, 6.07) is 4.41. The van der Waals surface area contributed by atoms with Gasteiger partial charge in [-0.3, -0.25) is 0 Å². The minimum absolute atomic E-state index is 0.626. The predicted octanol–water partition coefficient (Wildman–Crippen LogP) is 4.77. The van der Waals surface area contributed by atoms with Crippen LogP contribution >= 0.6 is 0 Å². The SMILES string of the molecule is COC1=CC(c2cc3c([nH]2)CCCC3C)=NC1=Cc1[nH]c(C)cc1C. The van der Waals surface area contributed by atoms with Crippen molar-refractivity contribution in [3.8, 4) is 0 Å². The minimum Gasteiger partial charge on any atom is -0.494 e. The molecule has 3 heterocycles. The summed E-state index contributed by atoms with van der Waals surface area (Å²) in [5, 5.41) is 0. The van der Waals surface area contributed by atoms with Crippen molar-refractivity contribution in [2.45, 2.75) is 46.0 Å². The third kappa shape index (κ3) is 2.86. The molecule has 0 saturated carbocycles. The maximum absolute atomic E-state index is 5.57. The summed E-state index contributed by atoms with van der Waals surface area (Å²) in [7, 11) is 1.70. The zero-order valence-corrected chi connectivity index (χ0v) is 15.4. The second kappa shape index (κ2) is 6.10. The first kappa shape index (κ1) is 16.0. The molecule has 1 unspecified atom stereocenters. The maximum atomic E-state index is 5.57. The molecule has 2 aromatic heterocycles. The molecule has 1 atom stereocenters. The van der Waals surface area contributed by atoms with Gasteiger partial charge in [0.2, 0.25) is 0 Å². The van der Waals surface area contributed by atoms with Crippen LogP contribution in [-0.4, -0.2) is 22.8 Å². The Balaban J connectivity index is 1.72. The van der Waals surface area contributed by atoms with E-state index in [9.17, 15) is 0 Å². The second-order valence-electron chi connectivity index (χ2n) is 7.20. The van der Waals surface area contributed by atoms with Gasteiger partial charge in [0.15, 0.2) is 0 Å². The number of aryl methyl sites for hydroxylation is 3. The van der Waals surface area contributed by atoms with Gasteiger partial charge in [0.05, 0.1) is 18.5 Å². The summed E-state index contributed by atoms with van der Waals surface area (Å²) < 4.78 is 5.57. The zero-order chi connectivity index (χ0) is 17.6. The van der Waals surface area contributed by atoms with Crippen LogP contribution in [0, 0.1) is 13.8 Å².